The Hall–Kier alpha value is -2.29. The van der Waals surface area contributed by atoms with Gasteiger partial charge in [0.25, 0.3) is 0 Å². The van der Waals surface area contributed by atoms with E-state index in [0.29, 0.717) is 18.8 Å². The second-order valence-electron chi connectivity index (χ2n) is 4.49. The first-order valence-corrected chi connectivity index (χ1v) is 6.28. The van der Waals surface area contributed by atoms with Crippen LogP contribution in [0.2, 0.25) is 0 Å². The highest BCUT2D eigenvalue weighted by Crippen LogP contribution is 2.36. The van der Waals surface area contributed by atoms with Gasteiger partial charge in [-0.1, -0.05) is 48.5 Å². The van der Waals surface area contributed by atoms with Gasteiger partial charge >= 0.3 is 5.97 Å². The highest BCUT2D eigenvalue weighted by molar-refractivity contribution is 5.83. The molecule has 1 saturated heterocycles. The predicted octanol–water partition coefficient (Wildman–Crippen LogP) is 2.91. The van der Waals surface area contributed by atoms with Gasteiger partial charge in [0.15, 0.2) is 0 Å². The van der Waals surface area contributed by atoms with Crippen molar-refractivity contribution in [3.05, 3.63) is 66.2 Å². The van der Waals surface area contributed by atoms with Crippen molar-refractivity contribution in [2.45, 2.75) is 12.0 Å². The van der Waals surface area contributed by atoms with Gasteiger partial charge in [-0.15, -0.1) is 0 Å². The third kappa shape index (κ3) is 2.08. The van der Waals surface area contributed by atoms with Crippen LogP contribution in [0.25, 0.3) is 0 Å². The molecule has 96 valence electrons. The van der Waals surface area contributed by atoms with E-state index < -0.39 is 5.60 Å². The molecule has 1 atom stereocenters. The van der Waals surface area contributed by atoms with Gasteiger partial charge in [0.1, 0.15) is 5.75 Å². The lowest BCUT2D eigenvalue weighted by atomic mass is 9.92. The molecule has 1 aliphatic heterocycles. The summed E-state index contributed by atoms with van der Waals surface area (Å²) in [5.41, 5.74) is -0.177. The van der Waals surface area contributed by atoms with Gasteiger partial charge in [-0.2, -0.15) is 0 Å². The van der Waals surface area contributed by atoms with Crippen LogP contribution in [-0.2, 0) is 15.1 Å². The molecule has 3 nitrogen and oxygen atoms in total. The number of hydrogen-bond acceptors (Lipinski definition) is 3. The van der Waals surface area contributed by atoms with E-state index in [9.17, 15) is 4.79 Å². The van der Waals surface area contributed by atoms with Crippen molar-refractivity contribution < 1.29 is 14.3 Å². The maximum absolute atomic E-state index is 12.2. The van der Waals surface area contributed by atoms with E-state index in [1.54, 1.807) is 0 Å². The van der Waals surface area contributed by atoms with Crippen LogP contribution in [0.3, 0.4) is 0 Å². The van der Waals surface area contributed by atoms with E-state index in [1.165, 1.54) is 0 Å². The zero-order valence-corrected chi connectivity index (χ0v) is 10.4. The summed E-state index contributed by atoms with van der Waals surface area (Å²) in [7, 11) is 0. The largest absolute Gasteiger partial charge is 0.471 e. The van der Waals surface area contributed by atoms with Crippen molar-refractivity contribution in [2.75, 3.05) is 6.61 Å². The maximum Gasteiger partial charge on any atom is 0.355 e. The van der Waals surface area contributed by atoms with Crippen LogP contribution in [-0.4, -0.2) is 12.6 Å². The van der Waals surface area contributed by atoms with Crippen LogP contribution >= 0.6 is 0 Å². The maximum atomic E-state index is 12.2. The van der Waals surface area contributed by atoms with E-state index in [2.05, 4.69) is 0 Å². The standard InChI is InChI=1S/C16H14O3/c17-15-16(11-12-18-15,13-7-3-1-4-8-13)19-14-9-5-2-6-10-14/h1-10H,11-12H2. The summed E-state index contributed by atoms with van der Waals surface area (Å²) >= 11 is 0. The number of hydrogen-bond donors (Lipinski definition) is 0. The van der Waals surface area contributed by atoms with Crippen LogP contribution in [0, 0.1) is 0 Å². The number of para-hydroxylation sites is 1. The molecule has 2 aromatic carbocycles. The number of carbonyl (C=O) groups excluding carboxylic acids is 1. The highest BCUT2D eigenvalue weighted by Gasteiger charge is 2.48. The first-order valence-electron chi connectivity index (χ1n) is 6.28. The monoisotopic (exact) mass is 254 g/mol. The van der Waals surface area contributed by atoms with Gasteiger partial charge in [0.2, 0.25) is 5.60 Å². The van der Waals surface area contributed by atoms with Crippen LogP contribution in [0.5, 0.6) is 5.75 Å². The molecule has 3 rings (SSSR count). The topological polar surface area (TPSA) is 35.5 Å². The lowest BCUT2D eigenvalue weighted by molar-refractivity contribution is -0.151. The third-order valence-corrected chi connectivity index (χ3v) is 3.29. The second kappa shape index (κ2) is 4.76. The summed E-state index contributed by atoms with van der Waals surface area (Å²) in [4.78, 5) is 12.2. The van der Waals surface area contributed by atoms with Crippen molar-refractivity contribution in [3.63, 3.8) is 0 Å². The van der Waals surface area contributed by atoms with Gasteiger partial charge in [-0.3, -0.25) is 0 Å². The fraction of sp³-hybridized carbons (Fsp3) is 0.188. The molecule has 1 fully saturated rings. The molecule has 1 aliphatic rings. The number of cyclic esters (lactones) is 1. The number of benzene rings is 2. The Balaban J connectivity index is 2.01. The van der Waals surface area contributed by atoms with Crippen molar-refractivity contribution in [3.8, 4) is 5.75 Å². The molecule has 1 heterocycles. The smallest absolute Gasteiger partial charge is 0.355 e. The molecule has 0 aliphatic carbocycles. The third-order valence-electron chi connectivity index (χ3n) is 3.29. The summed E-state index contributed by atoms with van der Waals surface area (Å²) in [6, 6.07) is 18.9. The lowest BCUT2D eigenvalue weighted by Gasteiger charge is -2.26. The molecular formula is C16H14O3. The quantitative estimate of drug-likeness (QED) is 0.790. The summed E-state index contributed by atoms with van der Waals surface area (Å²) in [5.74, 6) is 0.354. The Bertz CT molecular complexity index is 565. The van der Waals surface area contributed by atoms with Crippen molar-refractivity contribution in [1.82, 2.24) is 0 Å². The number of esters is 1. The lowest BCUT2D eigenvalue weighted by Crippen LogP contribution is -2.37. The SMILES string of the molecule is O=C1OCCC1(Oc1ccccc1)c1ccccc1. The fourth-order valence-corrected chi connectivity index (χ4v) is 2.32. The summed E-state index contributed by atoms with van der Waals surface area (Å²) in [5, 5.41) is 0. The molecule has 0 aromatic heterocycles. The minimum atomic E-state index is -1.01. The zero-order chi connectivity index (χ0) is 13.1. The number of carbonyl (C=O) groups is 1. The molecule has 0 N–H and O–H groups in total. The predicted molar refractivity (Wildman–Crippen MR) is 70.8 cm³/mol. The minimum absolute atomic E-state index is 0.317. The van der Waals surface area contributed by atoms with E-state index in [4.69, 9.17) is 9.47 Å². The minimum Gasteiger partial charge on any atom is -0.471 e. The molecule has 19 heavy (non-hydrogen) atoms. The van der Waals surface area contributed by atoms with Crippen molar-refractivity contribution >= 4 is 5.97 Å². The first kappa shape index (κ1) is 11.8. The summed E-state index contributed by atoms with van der Waals surface area (Å²) in [6.45, 7) is 0.389. The Morgan fingerprint density at radius 3 is 2.16 bits per heavy atom. The fourth-order valence-electron chi connectivity index (χ4n) is 2.32. The van der Waals surface area contributed by atoms with Gasteiger partial charge in [-0.05, 0) is 12.1 Å². The average molecular weight is 254 g/mol. The summed E-state index contributed by atoms with van der Waals surface area (Å²) < 4.78 is 11.1. The summed E-state index contributed by atoms with van der Waals surface area (Å²) in [6.07, 6.45) is 0.532. The number of ether oxygens (including phenoxy) is 2. The van der Waals surface area contributed by atoms with Gasteiger partial charge < -0.3 is 9.47 Å². The molecule has 1 unspecified atom stereocenters. The van der Waals surface area contributed by atoms with Gasteiger partial charge in [0, 0.05) is 12.0 Å². The molecule has 0 amide bonds. The Labute approximate surface area is 111 Å². The molecule has 2 aromatic rings. The zero-order valence-electron chi connectivity index (χ0n) is 10.4. The molecule has 0 saturated carbocycles. The van der Waals surface area contributed by atoms with E-state index in [0.717, 1.165) is 5.56 Å². The molecule has 3 heteroatoms. The second-order valence-corrected chi connectivity index (χ2v) is 4.49. The van der Waals surface area contributed by atoms with E-state index in [-0.39, 0.29) is 5.97 Å². The Kier molecular flexibility index (Phi) is 2.95. The molecule has 0 spiro atoms. The van der Waals surface area contributed by atoms with Crippen LogP contribution in [0.15, 0.2) is 60.7 Å². The number of rotatable bonds is 3. The van der Waals surface area contributed by atoms with Crippen molar-refractivity contribution in [1.29, 1.82) is 0 Å². The average Bonchev–Trinajstić information content (AvgIpc) is 2.83. The van der Waals surface area contributed by atoms with Gasteiger partial charge in [0.05, 0.1) is 6.61 Å². The Morgan fingerprint density at radius 2 is 1.58 bits per heavy atom. The Morgan fingerprint density at radius 1 is 0.947 bits per heavy atom. The van der Waals surface area contributed by atoms with Crippen LogP contribution in [0.1, 0.15) is 12.0 Å². The van der Waals surface area contributed by atoms with Gasteiger partial charge in [-0.25, -0.2) is 4.79 Å². The normalized spacial score (nSPS) is 22.0. The van der Waals surface area contributed by atoms with E-state index >= 15 is 0 Å². The van der Waals surface area contributed by atoms with Crippen molar-refractivity contribution in [2.24, 2.45) is 0 Å². The molecule has 0 bridgehead atoms. The van der Waals surface area contributed by atoms with Crippen LogP contribution in [0.4, 0.5) is 0 Å². The molecular weight excluding hydrogens is 240 g/mol. The molecule has 0 radical (unpaired) electrons. The van der Waals surface area contributed by atoms with E-state index in [1.807, 2.05) is 60.7 Å². The van der Waals surface area contributed by atoms with Crippen LogP contribution < -0.4 is 4.74 Å². The highest BCUT2D eigenvalue weighted by atomic mass is 16.6. The first-order chi connectivity index (χ1) is 9.31.